The molecule has 0 aromatic heterocycles. The molecule has 1 aliphatic rings. The number of carbonyl (C=O) groups is 1. The molecule has 2 aromatic carbocycles. The van der Waals surface area contributed by atoms with E-state index in [4.69, 9.17) is 23.2 Å². The summed E-state index contributed by atoms with van der Waals surface area (Å²) in [6.45, 7) is 3.98. The molecule has 1 atom stereocenters. The third-order valence-electron chi connectivity index (χ3n) is 5.53. The van der Waals surface area contributed by atoms with Crippen molar-refractivity contribution in [1.82, 2.24) is 10.6 Å². The fourth-order valence-electron chi connectivity index (χ4n) is 3.93. The Balaban J connectivity index is 1.78. The standard InChI is InChI=1S/C21H23Cl2FN2O/c1-14(20(27)26-13-15-10-17(22)12-18(23)11-15)21(6-8-25-9-7-21)16-2-4-19(24)5-3-16/h2-5,10-12,14,25H,6-9,13H2,1H3,(H,26,27). The molecule has 1 heterocycles. The van der Waals surface area contributed by atoms with Crippen LogP contribution >= 0.6 is 23.2 Å². The lowest BCUT2D eigenvalue weighted by atomic mass is 9.65. The Kier molecular flexibility index (Phi) is 6.40. The van der Waals surface area contributed by atoms with Crippen LogP contribution in [0.15, 0.2) is 42.5 Å². The first-order chi connectivity index (χ1) is 12.9. The average Bonchev–Trinajstić information content (AvgIpc) is 2.66. The van der Waals surface area contributed by atoms with Gasteiger partial charge in [-0.15, -0.1) is 0 Å². The van der Waals surface area contributed by atoms with Gasteiger partial charge in [0.05, 0.1) is 0 Å². The van der Waals surface area contributed by atoms with Crippen molar-refractivity contribution >= 4 is 29.1 Å². The highest BCUT2D eigenvalue weighted by molar-refractivity contribution is 6.34. The SMILES string of the molecule is CC(C(=O)NCc1cc(Cl)cc(Cl)c1)C1(c2ccc(F)cc2)CCNCC1. The van der Waals surface area contributed by atoms with Crippen molar-refractivity contribution in [2.75, 3.05) is 13.1 Å². The number of nitrogens with one attached hydrogen (secondary N) is 2. The minimum Gasteiger partial charge on any atom is -0.352 e. The predicted octanol–water partition coefficient (Wildman–Crippen LogP) is 4.71. The number of halogens is 3. The van der Waals surface area contributed by atoms with E-state index in [0.29, 0.717) is 16.6 Å². The molecule has 0 saturated carbocycles. The monoisotopic (exact) mass is 408 g/mol. The molecule has 0 spiro atoms. The van der Waals surface area contributed by atoms with Gasteiger partial charge < -0.3 is 10.6 Å². The van der Waals surface area contributed by atoms with Crippen molar-refractivity contribution in [2.24, 2.45) is 5.92 Å². The first-order valence-electron chi connectivity index (χ1n) is 9.10. The van der Waals surface area contributed by atoms with E-state index < -0.39 is 0 Å². The zero-order chi connectivity index (χ0) is 19.4. The number of piperidine rings is 1. The topological polar surface area (TPSA) is 41.1 Å². The summed E-state index contributed by atoms with van der Waals surface area (Å²) < 4.78 is 13.4. The molecule has 3 nitrogen and oxygen atoms in total. The Morgan fingerprint density at radius 1 is 1.15 bits per heavy atom. The third-order valence-corrected chi connectivity index (χ3v) is 5.96. The molecule has 1 unspecified atom stereocenters. The predicted molar refractivity (Wildman–Crippen MR) is 108 cm³/mol. The summed E-state index contributed by atoms with van der Waals surface area (Å²) in [6.07, 6.45) is 1.66. The molecular formula is C21H23Cl2FN2O. The molecular weight excluding hydrogens is 386 g/mol. The highest BCUT2D eigenvalue weighted by Crippen LogP contribution is 2.40. The summed E-state index contributed by atoms with van der Waals surface area (Å²) in [5.41, 5.74) is 1.56. The van der Waals surface area contributed by atoms with Crippen LogP contribution in [0.2, 0.25) is 10.0 Å². The van der Waals surface area contributed by atoms with Gasteiger partial charge in [0.15, 0.2) is 0 Å². The first kappa shape index (κ1) is 20.1. The summed E-state index contributed by atoms with van der Waals surface area (Å²) in [6, 6.07) is 11.8. The zero-order valence-corrected chi connectivity index (χ0v) is 16.7. The number of hydrogen-bond acceptors (Lipinski definition) is 2. The van der Waals surface area contributed by atoms with Gasteiger partial charge in [-0.1, -0.05) is 42.3 Å². The maximum atomic E-state index is 13.4. The Labute approximate surface area is 169 Å². The van der Waals surface area contributed by atoms with E-state index >= 15 is 0 Å². The Morgan fingerprint density at radius 2 is 1.74 bits per heavy atom. The largest absolute Gasteiger partial charge is 0.352 e. The second-order valence-corrected chi connectivity index (χ2v) is 8.00. The van der Waals surface area contributed by atoms with Crippen molar-refractivity contribution in [3.05, 3.63) is 69.5 Å². The molecule has 1 saturated heterocycles. The maximum absolute atomic E-state index is 13.4. The summed E-state index contributed by atoms with van der Waals surface area (Å²) in [7, 11) is 0. The molecule has 27 heavy (non-hydrogen) atoms. The van der Waals surface area contributed by atoms with Gasteiger partial charge in [0.25, 0.3) is 0 Å². The summed E-state index contributed by atoms with van der Waals surface area (Å²) in [4.78, 5) is 13.0. The van der Waals surface area contributed by atoms with Crippen LogP contribution in [0.4, 0.5) is 4.39 Å². The van der Waals surface area contributed by atoms with Gasteiger partial charge >= 0.3 is 0 Å². The quantitative estimate of drug-likeness (QED) is 0.751. The van der Waals surface area contributed by atoms with Gasteiger partial charge in [-0.25, -0.2) is 4.39 Å². The normalized spacial score (nSPS) is 17.3. The average molecular weight is 409 g/mol. The van der Waals surface area contributed by atoms with Crippen LogP contribution in [0.1, 0.15) is 30.9 Å². The summed E-state index contributed by atoms with van der Waals surface area (Å²) >= 11 is 12.1. The van der Waals surface area contributed by atoms with Gasteiger partial charge in [0.2, 0.25) is 5.91 Å². The van der Waals surface area contributed by atoms with Crippen molar-refractivity contribution in [3.8, 4) is 0 Å². The Bertz CT molecular complexity index is 784. The van der Waals surface area contributed by atoms with Crippen LogP contribution in [-0.4, -0.2) is 19.0 Å². The van der Waals surface area contributed by atoms with E-state index in [0.717, 1.165) is 37.1 Å². The third kappa shape index (κ3) is 4.63. The summed E-state index contributed by atoms with van der Waals surface area (Å²) in [5.74, 6) is -0.546. The van der Waals surface area contributed by atoms with Crippen LogP contribution in [0.3, 0.4) is 0 Å². The van der Waals surface area contributed by atoms with Gasteiger partial charge in [0.1, 0.15) is 5.82 Å². The molecule has 144 valence electrons. The number of rotatable bonds is 5. The van der Waals surface area contributed by atoms with E-state index in [2.05, 4.69) is 10.6 Å². The van der Waals surface area contributed by atoms with E-state index in [-0.39, 0.29) is 23.1 Å². The van der Waals surface area contributed by atoms with Crippen molar-refractivity contribution in [1.29, 1.82) is 0 Å². The lowest BCUT2D eigenvalue weighted by molar-refractivity contribution is -0.127. The van der Waals surface area contributed by atoms with E-state index in [1.165, 1.54) is 12.1 Å². The zero-order valence-electron chi connectivity index (χ0n) is 15.2. The molecule has 0 bridgehead atoms. The van der Waals surface area contributed by atoms with Gasteiger partial charge in [-0.05, 0) is 67.4 Å². The van der Waals surface area contributed by atoms with Crippen LogP contribution in [0, 0.1) is 11.7 Å². The van der Waals surface area contributed by atoms with Crippen molar-refractivity contribution in [3.63, 3.8) is 0 Å². The minimum atomic E-state index is -0.311. The second kappa shape index (κ2) is 8.59. The van der Waals surface area contributed by atoms with Gasteiger partial charge in [0, 0.05) is 27.9 Å². The van der Waals surface area contributed by atoms with Crippen LogP contribution in [-0.2, 0) is 16.8 Å². The van der Waals surface area contributed by atoms with Gasteiger partial charge in [-0.2, -0.15) is 0 Å². The lowest BCUT2D eigenvalue weighted by Crippen LogP contribution is -2.49. The molecule has 2 aromatic rings. The number of hydrogen-bond donors (Lipinski definition) is 2. The fraction of sp³-hybridized carbons (Fsp3) is 0.381. The molecule has 2 N–H and O–H groups in total. The molecule has 1 amide bonds. The number of amides is 1. The van der Waals surface area contributed by atoms with Crippen LogP contribution in [0.5, 0.6) is 0 Å². The fourth-order valence-corrected chi connectivity index (χ4v) is 4.50. The van der Waals surface area contributed by atoms with Crippen molar-refractivity contribution < 1.29 is 9.18 Å². The number of benzene rings is 2. The van der Waals surface area contributed by atoms with Crippen LogP contribution < -0.4 is 10.6 Å². The Hall–Kier alpha value is -1.62. The minimum absolute atomic E-state index is 0.0303. The number of carbonyl (C=O) groups excluding carboxylic acids is 1. The maximum Gasteiger partial charge on any atom is 0.223 e. The first-order valence-corrected chi connectivity index (χ1v) is 9.86. The molecule has 0 radical (unpaired) electrons. The molecule has 1 aliphatic heterocycles. The second-order valence-electron chi connectivity index (χ2n) is 7.13. The van der Waals surface area contributed by atoms with Crippen molar-refractivity contribution in [2.45, 2.75) is 31.7 Å². The van der Waals surface area contributed by atoms with E-state index in [1.807, 2.05) is 6.92 Å². The lowest BCUT2D eigenvalue weighted by Gasteiger charge is -2.42. The highest BCUT2D eigenvalue weighted by atomic mass is 35.5. The summed E-state index contributed by atoms with van der Waals surface area (Å²) in [5, 5.41) is 7.44. The highest BCUT2D eigenvalue weighted by Gasteiger charge is 2.42. The van der Waals surface area contributed by atoms with Gasteiger partial charge in [-0.3, -0.25) is 4.79 Å². The molecule has 0 aliphatic carbocycles. The van der Waals surface area contributed by atoms with E-state index in [1.54, 1.807) is 30.3 Å². The van der Waals surface area contributed by atoms with Crippen LogP contribution in [0.25, 0.3) is 0 Å². The smallest absolute Gasteiger partial charge is 0.223 e. The van der Waals surface area contributed by atoms with E-state index in [9.17, 15) is 9.18 Å². The molecule has 6 heteroatoms. The molecule has 3 rings (SSSR count). The molecule has 1 fully saturated rings. The Morgan fingerprint density at radius 3 is 2.33 bits per heavy atom.